The molecule has 0 aliphatic rings. The fourth-order valence-electron chi connectivity index (χ4n) is 2.47. The lowest BCUT2D eigenvalue weighted by Gasteiger charge is -2.11. The van der Waals surface area contributed by atoms with Gasteiger partial charge in [-0.05, 0) is 49.6 Å². The molecule has 0 bridgehead atoms. The van der Waals surface area contributed by atoms with E-state index in [1.807, 2.05) is 50.2 Å². The molecule has 0 aliphatic heterocycles. The minimum Gasteiger partial charge on any atom is -0.340 e. The topological polar surface area (TPSA) is 66.9 Å². The number of carbonyl (C=O) groups is 1. The lowest BCUT2D eigenvalue weighted by atomic mass is 10.1. The second-order valence-electron chi connectivity index (χ2n) is 5.93. The summed E-state index contributed by atoms with van der Waals surface area (Å²) in [6.45, 7) is 6.05. The minimum absolute atomic E-state index is 0.263. The number of carbonyl (C=O) groups excluding carboxylic acids is 1. The van der Waals surface area contributed by atoms with Crippen molar-refractivity contribution in [2.75, 3.05) is 10.6 Å². The van der Waals surface area contributed by atoms with Crippen molar-refractivity contribution in [3.63, 3.8) is 0 Å². The third-order valence-electron chi connectivity index (χ3n) is 4.16. The monoisotopic (exact) mass is 332 g/mol. The Hall–Kier alpha value is -3.21. The normalized spacial score (nSPS) is 10.4. The number of amides is 1. The first-order valence-electron chi connectivity index (χ1n) is 8.07. The van der Waals surface area contributed by atoms with Gasteiger partial charge in [-0.1, -0.05) is 30.3 Å². The maximum atomic E-state index is 12.5. The zero-order valence-electron chi connectivity index (χ0n) is 14.5. The van der Waals surface area contributed by atoms with Crippen LogP contribution in [-0.4, -0.2) is 15.9 Å². The number of anilines is 3. The molecule has 0 saturated heterocycles. The largest absolute Gasteiger partial charge is 0.340 e. The maximum absolute atomic E-state index is 12.5. The molecule has 0 radical (unpaired) electrons. The molecule has 0 saturated carbocycles. The van der Waals surface area contributed by atoms with Crippen LogP contribution in [0.5, 0.6) is 0 Å². The van der Waals surface area contributed by atoms with Gasteiger partial charge in [0, 0.05) is 17.4 Å². The lowest BCUT2D eigenvalue weighted by Crippen LogP contribution is -2.15. The van der Waals surface area contributed by atoms with Crippen molar-refractivity contribution in [2.45, 2.75) is 20.8 Å². The summed E-state index contributed by atoms with van der Waals surface area (Å²) in [5, 5.41) is 6.13. The standard InChI is InChI=1S/C20H20N4O/c1-13-8-6-10-17(15(13)3)23-19-11-18(21-12-22-19)20(25)24-16-9-5-4-7-14(16)2/h4-12H,1-3H3,(H,24,25)(H,21,22,23). The van der Waals surface area contributed by atoms with E-state index in [1.54, 1.807) is 6.07 Å². The van der Waals surface area contributed by atoms with Crippen molar-refractivity contribution in [2.24, 2.45) is 0 Å². The van der Waals surface area contributed by atoms with E-state index in [9.17, 15) is 4.79 Å². The molecule has 2 aromatic carbocycles. The third kappa shape index (κ3) is 3.83. The van der Waals surface area contributed by atoms with Gasteiger partial charge in [-0.2, -0.15) is 0 Å². The molecule has 0 fully saturated rings. The van der Waals surface area contributed by atoms with Gasteiger partial charge in [0.15, 0.2) is 0 Å². The lowest BCUT2D eigenvalue weighted by molar-refractivity contribution is 0.102. The summed E-state index contributed by atoms with van der Waals surface area (Å²) in [6.07, 6.45) is 1.39. The van der Waals surface area contributed by atoms with Gasteiger partial charge in [-0.3, -0.25) is 4.79 Å². The molecule has 126 valence electrons. The average Bonchev–Trinajstić information content (AvgIpc) is 2.61. The molecule has 0 spiro atoms. The zero-order valence-corrected chi connectivity index (χ0v) is 14.5. The zero-order chi connectivity index (χ0) is 17.8. The highest BCUT2D eigenvalue weighted by atomic mass is 16.1. The van der Waals surface area contributed by atoms with Crippen LogP contribution in [0.2, 0.25) is 0 Å². The summed E-state index contributed by atoms with van der Waals surface area (Å²) in [7, 11) is 0. The summed E-state index contributed by atoms with van der Waals surface area (Å²) in [5.41, 5.74) is 5.38. The van der Waals surface area contributed by atoms with Gasteiger partial charge in [0.1, 0.15) is 17.8 Å². The Bertz CT molecular complexity index is 921. The molecule has 1 aromatic heterocycles. The molecule has 5 heteroatoms. The van der Waals surface area contributed by atoms with E-state index >= 15 is 0 Å². The number of hydrogen-bond donors (Lipinski definition) is 2. The van der Waals surface area contributed by atoms with E-state index in [0.29, 0.717) is 11.5 Å². The van der Waals surface area contributed by atoms with Crippen molar-refractivity contribution in [3.8, 4) is 0 Å². The Labute approximate surface area is 147 Å². The molecule has 0 aliphatic carbocycles. The van der Waals surface area contributed by atoms with Gasteiger partial charge >= 0.3 is 0 Å². The summed E-state index contributed by atoms with van der Waals surface area (Å²) >= 11 is 0. The van der Waals surface area contributed by atoms with Crippen LogP contribution in [0.3, 0.4) is 0 Å². The van der Waals surface area contributed by atoms with Crippen molar-refractivity contribution in [1.29, 1.82) is 0 Å². The fraction of sp³-hybridized carbons (Fsp3) is 0.150. The first kappa shape index (κ1) is 16.6. The van der Waals surface area contributed by atoms with Crippen LogP contribution in [0, 0.1) is 20.8 Å². The Morgan fingerprint density at radius 1 is 0.880 bits per heavy atom. The number of para-hydroxylation sites is 1. The second-order valence-corrected chi connectivity index (χ2v) is 5.93. The quantitative estimate of drug-likeness (QED) is 0.743. The van der Waals surface area contributed by atoms with Crippen LogP contribution in [0.4, 0.5) is 17.2 Å². The molecule has 1 amide bonds. The highest BCUT2D eigenvalue weighted by Crippen LogP contribution is 2.22. The number of hydrogen-bond acceptors (Lipinski definition) is 4. The minimum atomic E-state index is -0.263. The molecule has 3 rings (SSSR count). The van der Waals surface area contributed by atoms with Crippen LogP contribution in [0.15, 0.2) is 54.9 Å². The number of benzene rings is 2. The molecule has 0 atom stereocenters. The fourth-order valence-corrected chi connectivity index (χ4v) is 2.47. The van der Waals surface area contributed by atoms with E-state index in [0.717, 1.165) is 22.5 Å². The molecular weight excluding hydrogens is 312 g/mol. The first-order chi connectivity index (χ1) is 12.0. The average molecular weight is 332 g/mol. The second kappa shape index (κ2) is 7.13. The number of rotatable bonds is 4. The van der Waals surface area contributed by atoms with Crippen LogP contribution in [0.1, 0.15) is 27.2 Å². The van der Waals surface area contributed by atoms with Crippen LogP contribution in [-0.2, 0) is 0 Å². The maximum Gasteiger partial charge on any atom is 0.274 e. The molecular formula is C20H20N4O. The van der Waals surface area contributed by atoms with Gasteiger partial charge < -0.3 is 10.6 Å². The number of nitrogens with one attached hydrogen (secondary N) is 2. The Morgan fingerprint density at radius 2 is 1.60 bits per heavy atom. The molecule has 1 heterocycles. The molecule has 3 aromatic rings. The van der Waals surface area contributed by atoms with E-state index in [-0.39, 0.29) is 5.91 Å². The number of nitrogens with zero attached hydrogens (tertiary/aromatic N) is 2. The highest BCUT2D eigenvalue weighted by Gasteiger charge is 2.11. The summed E-state index contributed by atoms with van der Waals surface area (Å²) < 4.78 is 0. The highest BCUT2D eigenvalue weighted by molar-refractivity contribution is 6.03. The molecule has 5 nitrogen and oxygen atoms in total. The Balaban J connectivity index is 1.80. The predicted octanol–water partition coefficient (Wildman–Crippen LogP) is 4.40. The first-order valence-corrected chi connectivity index (χ1v) is 8.07. The molecule has 2 N–H and O–H groups in total. The van der Waals surface area contributed by atoms with E-state index in [1.165, 1.54) is 11.9 Å². The Morgan fingerprint density at radius 3 is 2.40 bits per heavy atom. The predicted molar refractivity (Wildman–Crippen MR) is 100 cm³/mol. The van der Waals surface area contributed by atoms with Crippen molar-refractivity contribution >= 4 is 23.1 Å². The third-order valence-corrected chi connectivity index (χ3v) is 4.16. The van der Waals surface area contributed by atoms with Gasteiger partial charge in [0.2, 0.25) is 0 Å². The Kier molecular flexibility index (Phi) is 4.75. The van der Waals surface area contributed by atoms with E-state index in [2.05, 4.69) is 33.6 Å². The van der Waals surface area contributed by atoms with Crippen molar-refractivity contribution in [1.82, 2.24) is 9.97 Å². The van der Waals surface area contributed by atoms with Gasteiger partial charge in [0.25, 0.3) is 5.91 Å². The van der Waals surface area contributed by atoms with Crippen LogP contribution >= 0.6 is 0 Å². The van der Waals surface area contributed by atoms with Gasteiger partial charge in [-0.15, -0.1) is 0 Å². The summed E-state index contributed by atoms with van der Waals surface area (Å²) in [5.74, 6) is 0.319. The molecule has 0 unspecified atom stereocenters. The smallest absolute Gasteiger partial charge is 0.274 e. The number of aryl methyl sites for hydroxylation is 2. The van der Waals surface area contributed by atoms with Gasteiger partial charge in [-0.25, -0.2) is 9.97 Å². The summed E-state index contributed by atoms with van der Waals surface area (Å²) in [4.78, 5) is 20.8. The molecule has 25 heavy (non-hydrogen) atoms. The van der Waals surface area contributed by atoms with Crippen molar-refractivity contribution in [3.05, 3.63) is 77.2 Å². The van der Waals surface area contributed by atoms with E-state index < -0.39 is 0 Å². The van der Waals surface area contributed by atoms with Crippen LogP contribution in [0.25, 0.3) is 0 Å². The number of aromatic nitrogens is 2. The van der Waals surface area contributed by atoms with Gasteiger partial charge in [0.05, 0.1) is 0 Å². The van der Waals surface area contributed by atoms with E-state index in [4.69, 9.17) is 0 Å². The van der Waals surface area contributed by atoms with Crippen LogP contribution < -0.4 is 10.6 Å². The summed E-state index contributed by atoms with van der Waals surface area (Å²) in [6, 6.07) is 15.3. The SMILES string of the molecule is Cc1ccccc1NC(=O)c1cc(Nc2cccc(C)c2C)ncn1. The van der Waals surface area contributed by atoms with Crippen molar-refractivity contribution < 1.29 is 4.79 Å².